The Morgan fingerprint density at radius 3 is 3.10 bits per heavy atom. The standard InChI is InChI=1S/C14H14N4O2/c19-18(20)14-9-15-7-5-13(14)17-11-3-4-12-10(8-11)2-1-6-16-12/h3-5,7-9,16H,1-2,6H2,(H,15,17). The van der Waals surface area contributed by atoms with Gasteiger partial charge in [0, 0.05) is 24.1 Å². The van der Waals surface area contributed by atoms with Gasteiger partial charge in [-0.1, -0.05) is 0 Å². The highest BCUT2D eigenvalue weighted by Crippen LogP contribution is 2.29. The van der Waals surface area contributed by atoms with Gasteiger partial charge in [0.25, 0.3) is 0 Å². The van der Waals surface area contributed by atoms with Crippen LogP contribution in [0.4, 0.5) is 22.7 Å². The normalized spacial score (nSPS) is 13.2. The molecule has 2 N–H and O–H groups in total. The van der Waals surface area contributed by atoms with E-state index in [2.05, 4.69) is 15.6 Å². The predicted octanol–water partition coefficient (Wildman–Crippen LogP) is 3.09. The van der Waals surface area contributed by atoms with Crippen LogP contribution in [0, 0.1) is 10.1 Å². The zero-order valence-corrected chi connectivity index (χ0v) is 10.8. The first-order valence-corrected chi connectivity index (χ1v) is 6.46. The van der Waals surface area contributed by atoms with Gasteiger partial charge in [-0.15, -0.1) is 0 Å². The summed E-state index contributed by atoms with van der Waals surface area (Å²) in [5, 5.41) is 17.4. The average molecular weight is 270 g/mol. The molecule has 20 heavy (non-hydrogen) atoms. The molecule has 0 unspecified atom stereocenters. The number of nitrogens with one attached hydrogen (secondary N) is 2. The Morgan fingerprint density at radius 1 is 1.35 bits per heavy atom. The molecule has 0 aliphatic carbocycles. The molecule has 2 heterocycles. The van der Waals surface area contributed by atoms with Gasteiger partial charge in [-0.05, 0) is 42.7 Å². The largest absolute Gasteiger partial charge is 0.385 e. The summed E-state index contributed by atoms with van der Waals surface area (Å²) in [6, 6.07) is 7.56. The van der Waals surface area contributed by atoms with E-state index in [9.17, 15) is 10.1 Å². The number of anilines is 3. The summed E-state index contributed by atoms with van der Waals surface area (Å²) in [7, 11) is 0. The summed E-state index contributed by atoms with van der Waals surface area (Å²) in [6.45, 7) is 0.996. The third-order valence-electron chi connectivity index (χ3n) is 3.32. The summed E-state index contributed by atoms with van der Waals surface area (Å²) in [5.74, 6) is 0. The van der Waals surface area contributed by atoms with Crippen LogP contribution in [-0.4, -0.2) is 16.5 Å². The third kappa shape index (κ3) is 2.40. The smallest absolute Gasteiger partial charge is 0.310 e. The van der Waals surface area contributed by atoms with Crippen LogP contribution >= 0.6 is 0 Å². The molecule has 0 radical (unpaired) electrons. The zero-order chi connectivity index (χ0) is 13.9. The summed E-state index contributed by atoms with van der Waals surface area (Å²) < 4.78 is 0. The highest BCUT2D eigenvalue weighted by molar-refractivity contribution is 5.71. The molecule has 1 aliphatic heterocycles. The lowest BCUT2D eigenvalue weighted by Gasteiger charge is -2.19. The molecule has 0 atom stereocenters. The molecule has 0 amide bonds. The maximum absolute atomic E-state index is 11.0. The Kier molecular flexibility index (Phi) is 3.20. The van der Waals surface area contributed by atoms with Crippen molar-refractivity contribution in [1.82, 2.24) is 4.98 Å². The molecule has 102 valence electrons. The SMILES string of the molecule is O=[N+]([O-])c1cnccc1Nc1ccc2c(c1)CCCN2. The zero-order valence-electron chi connectivity index (χ0n) is 10.8. The number of fused-ring (bicyclic) bond motifs is 1. The first-order chi connectivity index (χ1) is 9.74. The highest BCUT2D eigenvalue weighted by atomic mass is 16.6. The van der Waals surface area contributed by atoms with E-state index in [1.807, 2.05) is 18.2 Å². The molecule has 0 spiro atoms. The second-order valence-electron chi connectivity index (χ2n) is 4.68. The summed E-state index contributed by atoms with van der Waals surface area (Å²) >= 11 is 0. The number of pyridine rings is 1. The Labute approximate surface area is 116 Å². The molecule has 6 heteroatoms. The number of nitro groups is 1. The molecule has 6 nitrogen and oxygen atoms in total. The van der Waals surface area contributed by atoms with Crippen molar-refractivity contribution in [2.75, 3.05) is 17.2 Å². The van der Waals surface area contributed by atoms with Gasteiger partial charge in [-0.25, -0.2) is 0 Å². The Morgan fingerprint density at radius 2 is 2.25 bits per heavy atom. The van der Waals surface area contributed by atoms with Crippen LogP contribution in [0.2, 0.25) is 0 Å². The molecule has 2 aromatic rings. The second kappa shape index (κ2) is 5.16. The van der Waals surface area contributed by atoms with E-state index < -0.39 is 4.92 Å². The van der Waals surface area contributed by atoms with Crippen molar-refractivity contribution >= 4 is 22.7 Å². The van der Waals surface area contributed by atoms with Gasteiger partial charge in [-0.2, -0.15) is 0 Å². The van der Waals surface area contributed by atoms with E-state index in [4.69, 9.17) is 0 Å². The number of aryl methyl sites for hydroxylation is 1. The minimum Gasteiger partial charge on any atom is -0.385 e. The molecule has 0 saturated carbocycles. The van der Waals surface area contributed by atoms with Crippen molar-refractivity contribution in [3.05, 3.63) is 52.3 Å². The molecule has 1 aromatic heterocycles. The lowest BCUT2D eigenvalue weighted by Crippen LogP contribution is -2.11. The Hall–Kier alpha value is -2.63. The summed E-state index contributed by atoms with van der Waals surface area (Å²) in [6.07, 6.45) is 4.92. The lowest BCUT2D eigenvalue weighted by atomic mass is 10.0. The molecule has 0 fully saturated rings. The monoisotopic (exact) mass is 270 g/mol. The van der Waals surface area contributed by atoms with Gasteiger partial charge in [0.2, 0.25) is 0 Å². The fraction of sp³-hybridized carbons (Fsp3) is 0.214. The van der Waals surface area contributed by atoms with Gasteiger partial charge in [0.05, 0.1) is 4.92 Å². The van der Waals surface area contributed by atoms with Gasteiger partial charge < -0.3 is 10.6 Å². The first kappa shape index (κ1) is 12.4. The molecule has 1 aliphatic rings. The lowest BCUT2D eigenvalue weighted by molar-refractivity contribution is -0.384. The maximum Gasteiger partial charge on any atom is 0.310 e. The minimum absolute atomic E-state index is 0.0247. The Bertz CT molecular complexity index is 657. The average Bonchev–Trinajstić information content (AvgIpc) is 2.47. The van der Waals surface area contributed by atoms with Gasteiger partial charge in [-0.3, -0.25) is 15.1 Å². The van der Waals surface area contributed by atoms with Crippen LogP contribution in [0.5, 0.6) is 0 Å². The van der Waals surface area contributed by atoms with Crippen LogP contribution in [0.15, 0.2) is 36.7 Å². The molecular formula is C14H14N4O2. The van der Waals surface area contributed by atoms with Crippen LogP contribution in [0.3, 0.4) is 0 Å². The number of hydrogen-bond acceptors (Lipinski definition) is 5. The molecule has 3 rings (SSSR count). The van der Waals surface area contributed by atoms with E-state index in [-0.39, 0.29) is 5.69 Å². The first-order valence-electron chi connectivity index (χ1n) is 6.46. The van der Waals surface area contributed by atoms with E-state index in [0.29, 0.717) is 5.69 Å². The third-order valence-corrected chi connectivity index (χ3v) is 3.32. The molecule has 1 aromatic carbocycles. The second-order valence-corrected chi connectivity index (χ2v) is 4.68. The minimum atomic E-state index is -0.435. The number of nitrogens with zero attached hydrogens (tertiary/aromatic N) is 2. The van der Waals surface area contributed by atoms with Crippen LogP contribution in [0.1, 0.15) is 12.0 Å². The van der Waals surface area contributed by atoms with Crippen molar-refractivity contribution in [1.29, 1.82) is 0 Å². The van der Waals surface area contributed by atoms with Gasteiger partial charge in [0.15, 0.2) is 0 Å². The fourth-order valence-corrected chi connectivity index (χ4v) is 2.35. The summed E-state index contributed by atoms with van der Waals surface area (Å²) in [5.41, 5.74) is 3.66. The number of aromatic nitrogens is 1. The molecular weight excluding hydrogens is 256 g/mol. The highest BCUT2D eigenvalue weighted by Gasteiger charge is 2.14. The van der Waals surface area contributed by atoms with Crippen molar-refractivity contribution in [2.45, 2.75) is 12.8 Å². The number of benzene rings is 1. The van der Waals surface area contributed by atoms with E-state index in [1.165, 1.54) is 18.0 Å². The van der Waals surface area contributed by atoms with Gasteiger partial charge >= 0.3 is 5.69 Å². The maximum atomic E-state index is 11.0. The van der Waals surface area contributed by atoms with Crippen molar-refractivity contribution in [3.63, 3.8) is 0 Å². The molecule has 0 bridgehead atoms. The van der Waals surface area contributed by atoms with Crippen molar-refractivity contribution in [2.24, 2.45) is 0 Å². The van der Waals surface area contributed by atoms with E-state index in [0.717, 1.165) is 30.8 Å². The van der Waals surface area contributed by atoms with Gasteiger partial charge in [0.1, 0.15) is 11.9 Å². The predicted molar refractivity (Wildman–Crippen MR) is 77.4 cm³/mol. The quantitative estimate of drug-likeness (QED) is 0.661. The van der Waals surface area contributed by atoms with E-state index >= 15 is 0 Å². The molecule has 0 saturated heterocycles. The number of rotatable bonds is 3. The Balaban J connectivity index is 1.90. The van der Waals surface area contributed by atoms with Crippen LogP contribution in [0.25, 0.3) is 0 Å². The van der Waals surface area contributed by atoms with Crippen LogP contribution in [-0.2, 0) is 6.42 Å². The van der Waals surface area contributed by atoms with Crippen molar-refractivity contribution in [3.8, 4) is 0 Å². The van der Waals surface area contributed by atoms with E-state index in [1.54, 1.807) is 6.07 Å². The topological polar surface area (TPSA) is 80.1 Å². The number of hydrogen-bond donors (Lipinski definition) is 2. The fourth-order valence-electron chi connectivity index (χ4n) is 2.35. The summed E-state index contributed by atoms with van der Waals surface area (Å²) in [4.78, 5) is 14.3. The van der Waals surface area contributed by atoms with Crippen molar-refractivity contribution < 1.29 is 4.92 Å². The van der Waals surface area contributed by atoms with Crippen LogP contribution < -0.4 is 10.6 Å².